The molecule has 2 aromatic carbocycles. The van der Waals surface area contributed by atoms with Crippen LogP contribution in [0.5, 0.6) is 0 Å². The van der Waals surface area contributed by atoms with E-state index in [1.807, 2.05) is 41.1 Å². The fourth-order valence-electron chi connectivity index (χ4n) is 2.50. The van der Waals surface area contributed by atoms with Crippen LogP contribution >= 0.6 is 0 Å². The highest BCUT2D eigenvalue weighted by molar-refractivity contribution is 5.62. The van der Waals surface area contributed by atoms with Gasteiger partial charge in [-0.3, -0.25) is 0 Å². The van der Waals surface area contributed by atoms with Gasteiger partial charge < -0.3 is 5.73 Å². The van der Waals surface area contributed by atoms with Crippen LogP contribution in [0.1, 0.15) is 24.2 Å². The second kappa shape index (κ2) is 5.89. The van der Waals surface area contributed by atoms with Gasteiger partial charge in [0.15, 0.2) is 0 Å². The van der Waals surface area contributed by atoms with E-state index in [0.717, 1.165) is 17.0 Å². The second-order valence-electron chi connectivity index (χ2n) is 4.99. The zero-order valence-corrected chi connectivity index (χ0v) is 12.0. The second-order valence-corrected chi connectivity index (χ2v) is 4.99. The van der Waals surface area contributed by atoms with E-state index in [4.69, 9.17) is 5.73 Å². The lowest BCUT2D eigenvalue weighted by Crippen LogP contribution is -2.11. The number of rotatable bonds is 4. The minimum atomic E-state index is 0.106. The van der Waals surface area contributed by atoms with Crippen molar-refractivity contribution in [1.29, 1.82) is 0 Å². The van der Waals surface area contributed by atoms with E-state index in [9.17, 15) is 0 Å². The van der Waals surface area contributed by atoms with E-state index in [2.05, 4.69) is 41.5 Å². The topological polar surface area (TPSA) is 56.7 Å². The monoisotopic (exact) mass is 278 g/mol. The van der Waals surface area contributed by atoms with Crippen molar-refractivity contribution in [3.8, 4) is 11.3 Å². The van der Waals surface area contributed by atoms with Crippen molar-refractivity contribution >= 4 is 0 Å². The van der Waals surface area contributed by atoms with Crippen molar-refractivity contribution in [2.45, 2.75) is 19.5 Å². The van der Waals surface area contributed by atoms with Gasteiger partial charge in [-0.05, 0) is 12.5 Å². The summed E-state index contributed by atoms with van der Waals surface area (Å²) in [7, 11) is 0. The summed E-state index contributed by atoms with van der Waals surface area (Å²) in [5, 5.41) is 8.57. The Hall–Kier alpha value is -2.46. The van der Waals surface area contributed by atoms with E-state index in [0.29, 0.717) is 6.54 Å². The number of nitrogens with zero attached hydrogens (tertiary/aromatic N) is 3. The summed E-state index contributed by atoms with van der Waals surface area (Å²) in [6.45, 7) is 2.50. The van der Waals surface area contributed by atoms with Crippen LogP contribution in [0.25, 0.3) is 11.3 Å². The van der Waals surface area contributed by atoms with Gasteiger partial charge in [0.2, 0.25) is 0 Å². The number of hydrogen-bond acceptors (Lipinski definition) is 3. The maximum absolute atomic E-state index is 5.82. The molecule has 0 fully saturated rings. The van der Waals surface area contributed by atoms with Crippen molar-refractivity contribution in [3.05, 3.63) is 71.9 Å². The van der Waals surface area contributed by atoms with Crippen LogP contribution in [-0.4, -0.2) is 15.0 Å². The Balaban J connectivity index is 2.10. The Morgan fingerprint density at radius 1 is 1.00 bits per heavy atom. The van der Waals surface area contributed by atoms with Crippen LogP contribution in [-0.2, 0) is 6.54 Å². The van der Waals surface area contributed by atoms with Crippen LogP contribution < -0.4 is 5.73 Å². The van der Waals surface area contributed by atoms with E-state index >= 15 is 0 Å². The Labute approximate surface area is 124 Å². The Morgan fingerprint density at radius 3 is 2.24 bits per heavy atom. The molecule has 2 N–H and O–H groups in total. The summed E-state index contributed by atoms with van der Waals surface area (Å²) < 4.78 is 1.95. The lowest BCUT2D eigenvalue weighted by atomic mass is 10.1. The maximum Gasteiger partial charge on any atom is 0.104 e. The normalized spacial score (nSPS) is 12.3. The predicted octanol–water partition coefficient (Wildman–Crippen LogP) is 3.01. The molecule has 0 aliphatic rings. The summed E-state index contributed by atoms with van der Waals surface area (Å²) in [6, 6.07) is 20.5. The molecule has 1 atom stereocenters. The summed E-state index contributed by atoms with van der Waals surface area (Å²) in [6.07, 6.45) is 0. The van der Waals surface area contributed by atoms with Gasteiger partial charge in [0.25, 0.3) is 0 Å². The first kappa shape index (κ1) is 13.5. The smallest absolute Gasteiger partial charge is 0.104 e. The lowest BCUT2D eigenvalue weighted by Gasteiger charge is -2.15. The highest BCUT2D eigenvalue weighted by atomic mass is 15.4. The molecule has 0 aliphatic carbocycles. The van der Waals surface area contributed by atoms with Gasteiger partial charge >= 0.3 is 0 Å². The Morgan fingerprint density at radius 2 is 1.62 bits per heavy atom. The first-order valence-corrected chi connectivity index (χ1v) is 7.05. The molecule has 4 heteroatoms. The predicted molar refractivity (Wildman–Crippen MR) is 83.6 cm³/mol. The average molecular weight is 278 g/mol. The third-order valence-electron chi connectivity index (χ3n) is 3.65. The molecule has 0 saturated carbocycles. The van der Waals surface area contributed by atoms with E-state index < -0.39 is 0 Å². The van der Waals surface area contributed by atoms with Crippen molar-refractivity contribution in [3.63, 3.8) is 0 Å². The fraction of sp³-hybridized carbons (Fsp3) is 0.176. The quantitative estimate of drug-likeness (QED) is 0.798. The van der Waals surface area contributed by atoms with Gasteiger partial charge in [0.05, 0.1) is 11.7 Å². The summed E-state index contributed by atoms with van der Waals surface area (Å²) in [4.78, 5) is 0. The number of benzene rings is 2. The average Bonchev–Trinajstić information content (AvgIpc) is 2.99. The van der Waals surface area contributed by atoms with Crippen LogP contribution in [0.4, 0.5) is 0 Å². The van der Waals surface area contributed by atoms with Crippen molar-refractivity contribution in [2.75, 3.05) is 0 Å². The van der Waals surface area contributed by atoms with Crippen LogP contribution in [0.2, 0.25) is 0 Å². The SMILES string of the molecule is CC(c1ccccc1)n1nnc(CN)c1-c1ccccc1. The van der Waals surface area contributed by atoms with Crippen molar-refractivity contribution < 1.29 is 0 Å². The molecule has 0 aliphatic heterocycles. The highest BCUT2D eigenvalue weighted by Gasteiger charge is 2.18. The molecule has 0 radical (unpaired) electrons. The zero-order chi connectivity index (χ0) is 14.7. The van der Waals surface area contributed by atoms with Crippen LogP contribution in [0.3, 0.4) is 0 Å². The number of aromatic nitrogens is 3. The summed E-state index contributed by atoms with van der Waals surface area (Å²) in [5.41, 5.74) is 9.93. The molecular formula is C17H18N4. The van der Waals surface area contributed by atoms with Gasteiger partial charge in [0.1, 0.15) is 5.69 Å². The number of hydrogen-bond donors (Lipinski definition) is 1. The molecule has 3 rings (SSSR count). The molecular weight excluding hydrogens is 260 g/mol. The van der Waals surface area contributed by atoms with Gasteiger partial charge in [-0.25, -0.2) is 4.68 Å². The van der Waals surface area contributed by atoms with Gasteiger partial charge in [-0.2, -0.15) is 0 Å². The molecule has 0 bridgehead atoms. The molecule has 106 valence electrons. The molecule has 0 saturated heterocycles. The molecule has 3 aromatic rings. The van der Waals surface area contributed by atoms with E-state index in [1.165, 1.54) is 5.56 Å². The summed E-state index contributed by atoms with van der Waals surface area (Å²) in [5.74, 6) is 0. The first-order chi connectivity index (χ1) is 10.3. The van der Waals surface area contributed by atoms with E-state index in [1.54, 1.807) is 0 Å². The van der Waals surface area contributed by atoms with Crippen molar-refractivity contribution in [2.24, 2.45) is 5.73 Å². The molecule has 1 unspecified atom stereocenters. The maximum atomic E-state index is 5.82. The molecule has 1 heterocycles. The van der Waals surface area contributed by atoms with Crippen molar-refractivity contribution in [1.82, 2.24) is 15.0 Å². The third-order valence-corrected chi connectivity index (χ3v) is 3.65. The minimum absolute atomic E-state index is 0.106. The minimum Gasteiger partial charge on any atom is -0.325 e. The summed E-state index contributed by atoms with van der Waals surface area (Å²) >= 11 is 0. The first-order valence-electron chi connectivity index (χ1n) is 7.05. The fourth-order valence-corrected chi connectivity index (χ4v) is 2.50. The Bertz CT molecular complexity index is 704. The molecule has 1 aromatic heterocycles. The van der Waals surface area contributed by atoms with Gasteiger partial charge in [-0.15, -0.1) is 5.10 Å². The molecule has 0 amide bonds. The molecule has 21 heavy (non-hydrogen) atoms. The molecule has 4 nitrogen and oxygen atoms in total. The molecule has 0 spiro atoms. The number of nitrogens with two attached hydrogens (primary N) is 1. The van der Waals surface area contributed by atoms with Gasteiger partial charge in [0, 0.05) is 12.1 Å². The highest BCUT2D eigenvalue weighted by Crippen LogP contribution is 2.27. The largest absolute Gasteiger partial charge is 0.325 e. The van der Waals surface area contributed by atoms with Crippen LogP contribution in [0.15, 0.2) is 60.7 Å². The third kappa shape index (κ3) is 2.58. The van der Waals surface area contributed by atoms with Gasteiger partial charge in [-0.1, -0.05) is 65.9 Å². The Kier molecular flexibility index (Phi) is 3.79. The lowest BCUT2D eigenvalue weighted by molar-refractivity contribution is 0.548. The van der Waals surface area contributed by atoms with E-state index in [-0.39, 0.29) is 6.04 Å². The standard InChI is InChI=1S/C17H18N4/c1-13(14-8-4-2-5-9-14)21-17(16(12-18)19-20-21)15-10-6-3-7-11-15/h2-11,13H,12,18H2,1H3. The van der Waals surface area contributed by atoms with Crippen LogP contribution in [0, 0.1) is 0 Å². The zero-order valence-electron chi connectivity index (χ0n) is 12.0.